The van der Waals surface area contributed by atoms with Crippen LogP contribution in [0, 0.1) is 6.92 Å². The lowest BCUT2D eigenvalue weighted by Crippen LogP contribution is -2.07. The lowest BCUT2D eigenvalue weighted by molar-refractivity contribution is 0.283. The van der Waals surface area contributed by atoms with Crippen LogP contribution in [0.25, 0.3) is 22.6 Å². The Labute approximate surface area is 153 Å². The fraction of sp³-hybridized carbons (Fsp3) is 0.333. The topological polar surface area (TPSA) is 105 Å². The van der Waals surface area contributed by atoms with Crippen molar-refractivity contribution in [2.45, 2.75) is 26.2 Å². The van der Waals surface area contributed by atoms with Gasteiger partial charge in [0.2, 0.25) is 0 Å². The highest BCUT2D eigenvalue weighted by molar-refractivity contribution is 5.85. The number of benzene rings is 1. The molecule has 0 aliphatic carbocycles. The summed E-state index contributed by atoms with van der Waals surface area (Å²) >= 11 is 0. The van der Waals surface area contributed by atoms with Crippen LogP contribution in [0.15, 0.2) is 36.4 Å². The van der Waals surface area contributed by atoms with E-state index in [1.54, 1.807) is 0 Å². The van der Waals surface area contributed by atoms with E-state index in [0.717, 1.165) is 60.1 Å². The molecule has 0 aromatic heterocycles. The van der Waals surface area contributed by atoms with Gasteiger partial charge >= 0.3 is 0 Å². The van der Waals surface area contributed by atoms with E-state index in [4.69, 9.17) is 10.1 Å². The quantitative estimate of drug-likeness (QED) is 0.560. The van der Waals surface area contributed by atoms with Crippen molar-refractivity contribution in [1.29, 1.82) is 0 Å². The summed E-state index contributed by atoms with van der Waals surface area (Å²) in [6.07, 6.45) is 2.86. The smallest absolute Gasteiger partial charge is 0.156 e. The first-order valence-corrected chi connectivity index (χ1v) is 8.05. The van der Waals surface area contributed by atoms with Crippen LogP contribution >= 0.6 is 12.4 Å². The molecule has 25 heavy (non-hydrogen) atoms. The van der Waals surface area contributed by atoms with Crippen molar-refractivity contribution in [3.8, 4) is 22.6 Å². The minimum absolute atomic E-state index is 0. The Morgan fingerprint density at radius 3 is 2.56 bits per heavy atom. The number of anilines is 1. The molecule has 0 saturated carbocycles. The zero-order chi connectivity index (χ0) is 16.1. The Balaban J connectivity index is 0.00000156. The average molecular weight is 365 g/mol. The summed E-state index contributed by atoms with van der Waals surface area (Å²) < 4.78 is 0. The minimum Gasteiger partial charge on any atom is -0.412 e. The monoisotopic (exact) mass is 364 g/mol. The van der Waals surface area contributed by atoms with Gasteiger partial charge in [0.15, 0.2) is 5.82 Å². The molecule has 0 amide bonds. The molecule has 7 heteroatoms. The SMILES string of the molecule is Cc1nc(NCCCCCO)c2nc(-c3ccccc3)cc-2[nH]1.Cl.O. The zero-order valence-electron chi connectivity index (χ0n) is 14.2. The number of fused-ring (bicyclic) bond motifs is 1. The van der Waals surface area contributed by atoms with Crippen LogP contribution in [0.1, 0.15) is 25.1 Å². The Morgan fingerprint density at radius 2 is 1.84 bits per heavy atom. The summed E-state index contributed by atoms with van der Waals surface area (Å²) in [5.41, 5.74) is 3.92. The van der Waals surface area contributed by atoms with Crippen LogP contribution in [0.3, 0.4) is 0 Å². The number of hydrogen-bond donors (Lipinski definition) is 3. The Bertz CT molecular complexity index is 733. The molecular weight excluding hydrogens is 340 g/mol. The molecule has 0 fully saturated rings. The van der Waals surface area contributed by atoms with Gasteiger partial charge in [-0.15, -0.1) is 12.4 Å². The van der Waals surface area contributed by atoms with E-state index < -0.39 is 0 Å². The second kappa shape index (κ2) is 9.98. The van der Waals surface area contributed by atoms with Crippen LogP contribution < -0.4 is 5.32 Å². The van der Waals surface area contributed by atoms with Gasteiger partial charge in [-0.25, -0.2) is 9.97 Å². The maximum Gasteiger partial charge on any atom is 0.156 e. The van der Waals surface area contributed by atoms with Gasteiger partial charge < -0.3 is 20.9 Å². The molecule has 2 aliphatic rings. The summed E-state index contributed by atoms with van der Waals surface area (Å²) in [5.74, 6) is 1.68. The number of aliphatic hydroxyl groups is 1. The van der Waals surface area contributed by atoms with Gasteiger partial charge in [-0.3, -0.25) is 0 Å². The fourth-order valence-corrected chi connectivity index (χ4v) is 2.64. The number of rotatable bonds is 7. The average Bonchev–Trinajstić information content (AvgIpc) is 2.99. The molecule has 0 radical (unpaired) electrons. The van der Waals surface area contributed by atoms with Crippen molar-refractivity contribution in [3.05, 3.63) is 42.2 Å². The first-order chi connectivity index (χ1) is 11.3. The largest absolute Gasteiger partial charge is 0.412 e. The molecule has 0 unspecified atom stereocenters. The third-order valence-electron chi connectivity index (χ3n) is 3.78. The van der Waals surface area contributed by atoms with E-state index in [0.29, 0.717) is 0 Å². The number of aromatic nitrogens is 3. The fourth-order valence-electron chi connectivity index (χ4n) is 2.64. The van der Waals surface area contributed by atoms with Gasteiger partial charge in [-0.1, -0.05) is 30.3 Å². The van der Waals surface area contributed by atoms with Gasteiger partial charge in [0.25, 0.3) is 0 Å². The van der Waals surface area contributed by atoms with E-state index >= 15 is 0 Å². The van der Waals surface area contributed by atoms with Crippen molar-refractivity contribution in [1.82, 2.24) is 15.0 Å². The van der Waals surface area contributed by atoms with E-state index in [1.165, 1.54) is 0 Å². The van der Waals surface area contributed by atoms with Crippen LogP contribution in [-0.4, -0.2) is 38.7 Å². The summed E-state index contributed by atoms with van der Waals surface area (Å²) in [6.45, 7) is 3.04. The minimum atomic E-state index is 0. The van der Waals surface area contributed by atoms with E-state index in [1.807, 2.05) is 25.1 Å². The summed E-state index contributed by atoms with van der Waals surface area (Å²) in [6, 6.07) is 12.2. The van der Waals surface area contributed by atoms with Crippen molar-refractivity contribution >= 4 is 18.2 Å². The molecule has 0 spiro atoms. The van der Waals surface area contributed by atoms with Crippen molar-refractivity contribution in [2.75, 3.05) is 18.5 Å². The Morgan fingerprint density at radius 1 is 1.08 bits per heavy atom. The molecule has 0 saturated heterocycles. The van der Waals surface area contributed by atoms with Crippen LogP contribution in [0.2, 0.25) is 0 Å². The molecule has 2 aliphatic heterocycles. The molecule has 5 N–H and O–H groups in total. The number of halogens is 1. The van der Waals surface area contributed by atoms with Gasteiger partial charge in [0.05, 0.1) is 11.4 Å². The lowest BCUT2D eigenvalue weighted by Gasteiger charge is -2.10. The van der Waals surface area contributed by atoms with Gasteiger partial charge in [-0.2, -0.15) is 0 Å². The molecule has 2 heterocycles. The van der Waals surface area contributed by atoms with E-state index in [2.05, 4.69) is 33.5 Å². The van der Waals surface area contributed by atoms with Crippen LogP contribution in [0.5, 0.6) is 0 Å². The molecule has 0 atom stereocenters. The normalized spacial score (nSPS) is 10.2. The number of hydrogen-bond acceptors (Lipinski definition) is 4. The van der Waals surface area contributed by atoms with Gasteiger partial charge in [0.1, 0.15) is 11.5 Å². The molecule has 1 aromatic rings. The third-order valence-corrected chi connectivity index (χ3v) is 3.78. The first kappa shape index (κ1) is 20.9. The Hall–Kier alpha value is -2.15. The van der Waals surface area contributed by atoms with Crippen molar-refractivity contribution in [2.24, 2.45) is 0 Å². The number of aryl methyl sites for hydroxylation is 1. The lowest BCUT2D eigenvalue weighted by atomic mass is 10.1. The van der Waals surface area contributed by atoms with Gasteiger partial charge in [0, 0.05) is 18.7 Å². The molecular formula is C18H25ClN4O2. The molecule has 0 bridgehead atoms. The van der Waals surface area contributed by atoms with Crippen LogP contribution in [0.4, 0.5) is 5.82 Å². The summed E-state index contributed by atoms with van der Waals surface area (Å²) in [7, 11) is 0. The number of unbranched alkanes of at least 4 members (excludes halogenated alkanes) is 2. The van der Waals surface area contributed by atoms with Crippen LogP contribution in [-0.2, 0) is 0 Å². The first-order valence-electron chi connectivity index (χ1n) is 8.05. The number of nitrogens with one attached hydrogen (secondary N) is 2. The predicted molar refractivity (Wildman–Crippen MR) is 103 cm³/mol. The van der Waals surface area contributed by atoms with E-state index in [-0.39, 0.29) is 24.5 Å². The predicted octanol–water partition coefficient (Wildman–Crippen LogP) is 3.06. The number of H-pyrrole nitrogens is 1. The molecule has 136 valence electrons. The molecule has 1 aromatic carbocycles. The number of aliphatic hydroxyl groups excluding tert-OH is 1. The van der Waals surface area contributed by atoms with Gasteiger partial charge in [-0.05, 0) is 32.3 Å². The van der Waals surface area contributed by atoms with Crippen molar-refractivity contribution in [3.63, 3.8) is 0 Å². The third kappa shape index (κ3) is 5.16. The number of nitrogens with zero attached hydrogens (tertiary/aromatic N) is 2. The zero-order valence-corrected chi connectivity index (χ0v) is 15.1. The maximum atomic E-state index is 8.82. The standard InChI is InChI=1S/C18H22N4O.ClH.H2O/c1-13-20-16-12-15(14-8-4-2-5-9-14)22-17(16)18(21-13)19-10-6-3-7-11-23;;/h2,4-5,8-9,12,19,23H,3,6-7,10-11H2,1H3,(H,20,21);1H;1H2. The molecule has 6 nitrogen and oxygen atoms in total. The second-order valence-electron chi connectivity index (χ2n) is 5.65. The summed E-state index contributed by atoms with van der Waals surface area (Å²) in [5, 5.41) is 12.2. The number of aromatic amines is 1. The summed E-state index contributed by atoms with van der Waals surface area (Å²) in [4.78, 5) is 12.6. The van der Waals surface area contributed by atoms with Crippen molar-refractivity contribution < 1.29 is 10.6 Å². The van der Waals surface area contributed by atoms with E-state index in [9.17, 15) is 0 Å². The molecule has 3 rings (SSSR count). The highest BCUT2D eigenvalue weighted by atomic mass is 35.5. The maximum absolute atomic E-state index is 8.82. The Kier molecular flexibility index (Phi) is 8.34. The highest BCUT2D eigenvalue weighted by Gasteiger charge is 2.16. The highest BCUT2D eigenvalue weighted by Crippen LogP contribution is 2.31. The second-order valence-corrected chi connectivity index (χ2v) is 5.65.